The van der Waals surface area contributed by atoms with Gasteiger partial charge in [-0.2, -0.15) is 0 Å². The number of benzene rings is 11. The Bertz CT molecular complexity index is 3850. The Morgan fingerprint density at radius 2 is 0.853 bits per heavy atom. The van der Waals surface area contributed by atoms with E-state index in [4.69, 9.17) is 4.42 Å². The van der Waals surface area contributed by atoms with Crippen LogP contribution < -0.4 is 4.90 Å². The predicted octanol–water partition coefficient (Wildman–Crippen LogP) is 18.0. The summed E-state index contributed by atoms with van der Waals surface area (Å²) >= 11 is 1.89. The number of rotatable bonds is 6. The molecule has 0 saturated heterocycles. The Hall–Kier alpha value is -8.37. The van der Waals surface area contributed by atoms with Crippen molar-refractivity contribution in [1.82, 2.24) is 0 Å². The van der Waals surface area contributed by atoms with E-state index in [-0.39, 0.29) is 0 Å². The standard InChI is InChI=1S/C65H41NOS/c1-3-14-42(15-4-1)46-28-36-63-59(38-46)65(60-39-47(29-37-64(60)68-63)43-16-5-2-6-17-43)57-24-11-9-21-53(57)54-34-32-49(40-58(54)65)66(50-33-35-56-55-22-10-12-25-61(55)67-62(56)41-50)48-30-26-45(27-31-48)52-23-13-19-44-18-7-8-20-51(44)52/h1-41H. The second kappa shape index (κ2) is 15.4. The lowest BCUT2D eigenvalue weighted by Crippen LogP contribution is -2.32. The molecule has 0 amide bonds. The molecule has 0 bridgehead atoms. The number of fused-ring (bicyclic) bond motifs is 13. The zero-order valence-corrected chi connectivity index (χ0v) is 37.8. The first kappa shape index (κ1) is 38.9. The lowest BCUT2D eigenvalue weighted by Gasteiger charge is -2.40. The van der Waals surface area contributed by atoms with Crippen LogP contribution in [0.2, 0.25) is 0 Å². The maximum absolute atomic E-state index is 6.58. The third-order valence-electron chi connectivity index (χ3n) is 14.3. The fourth-order valence-corrected chi connectivity index (χ4v) is 12.4. The van der Waals surface area contributed by atoms with Crippen molar-refractivity contribution in [2.45, 2.75) is 15.2 Å². The van der Waals surface area contributed by atoms with Gasteiger partial charge < -0.3 is 9.32 Å². The summed E-state index contributed by atoms with van der Waals surface area (Å²) in [6.07, 6.45) is 0. The molecule has 1 aliphatic heterocycles. The van der Waals surface area contributed by atoms with Crippen molar-refractivity contribution < 1.29 is 4.42 Å². The van der Waals surface area contributed by atoms with Crippen molar-refractivity contribution in [3.8, 4) is 44.5 Å². The Morgan fingerprint density at radius 1 is 0.309 bits per heavy atom. The van der Waals surface area contributed by atoms with Crippen molar-refractivity contribution in [2.75, 3.05) is 4.90 Å². The van der Waals surface area contributed by atoms with Crippen LogP contribution in [0, 0.1) is 0 Å². The van der Waals surface area contributed by atoms with E-state index < -0.39 is 5.41 Å². The molecule has 14 rings (SSSR count). The van der Waals surface area contributed by atoms with E-state index in [9.17, 15) is 0 Å². The second-order valence-corrected chi connectivity index (χ2v) is 19.1. The highest BCUT2D eigenvalue weighted by atomic mass is 32.2. The van der Waals surface area contributed by atoms with Gasteiger partial charge >= 0.3 is 0 Å². The summed E-state index contributed by atoms with van der Waals surface area (Å²) in [5.74, 6) is 0. The highest BCUT2D eigenvalue weighted by Crippen LogP contribution is 2.63. The molecule has 1 aliphatic carbocycles. The fraction of sp³-hybridized carbons (Fsp3) is 0.0154. The summed E-state index contributed by atoms with van der Waals surface area (Å²) in [6, 6.07) is 91.6. The second-order valence-electron chi connectivity index (χ2n) is 18.0. The average Bonchev–Trinajstić information content (AvgIpc) is 3.92. The van der Waals surface area contributed by atoms with Crippen LogP contribution in [0.15, 0.2) is 263 Å². The Morgan fingerprint density at radius 3 is 1.60 bits per heavy atom. The monoisotopic (exact) mass is 883 g/mol. The highest BCUT2D eigenvalue weighted by molar-refractivity contribution is 7.99. The number of nitrogens with zero attached hydrogens (tertiary/aromatic N) is 1. The topological polar surface area (TPSA) is 16.4 Å². The van der Waals surface area contributed by atoms with Crippen molar-refractivity contribution in [2.24, 2.45) is 0 Å². The molecule has 2 aliphatic rings. The van der Waals surface area contributed by atoms with E-state index in [1.807, 2.05) is 17.8 Å². The third kappa shape index (κ3) is 5.92. The molecular formula is C65H41NOS. The minimum Gasteiger partial charge on any atom is -0.456 e. The largest absolute Gasteiger partial charge is 0.456 e. The van der Waals surface area contributed by atoms with E-state index in [2.05, 4.69) is 248 Å². The minimum atomic E-state index is -0.625. The van der Waals surface area contributed by atoms with Crippen LogP contribution in [0.5, 0.6) is 0 Å². The van der Waals surface area contributed by atoms with Gasteiger partial charge in [-0.3, -0.25) is 0 Å². The first-order valence-electron chi connectivity index (χ1n) is 23.3. The molecule has 2 nitrogen and oxygen atoms in total. The predicted molar refractivity (Wildman–Crippen MR) is 284 cm³/mol. The smallest absolute Gasteiger partial charge is 0.137 e. The number of hydrogen-bond donors (Lipinski definition) is 0. The highest BCUT2D eigenvalue weighted by Gasteiger charge is 2.51. The molecule has 0 N–H and O–H groups in total. The van der Waals surface area contributed by atoms with Crippen LogP contribution in [0.3, 0.4) is 0 Å². The van der Waals surface area contributed by atoms with Gasteiger partial charge in [-0.25, -0.2) is 0 Å². The summed E-state index contributed by atoms with van der Waals surface area (Å²) < 4.78 is 6.58. The Kier molecular flexibility index (Phi) is 8.77. The van der Waals surface area contributed by atoms with Gasteiger partial charge in [0.1, 0.15) is 11.2 Å². The SMILES string of the molecule is c1ccc(-c2ccc3c(c2)C2(c4cc(-c5ccccc5)ccc4S3)c3ccccc3-c3ccc(N(c4ccc(-c5cccc6ccccc56)cc4)c4ccc5c(c4)oc4ccccc45)cc32)cc1. The van der Waals surface area contributed by atoms with Crippen LogP contribution in [0.4, 0.5) is 17.1 Å². The maximum Gasteiger partial charge on any atom is 0.137 e. The van der Waals surface area contributed by atoms with Crippen molar-refractivity contribution in [3.05, 3.63) is 271 Å². The number of furan rings is 1. The van der Waals surface area contributed by atoms with Gasteiger partial charge in [-0.15, -0.1) is 0 Å². The van der Waals surface area contributed by atoms with Gasteiger partial charge in [0.25, 0.3) is 0 Å². The van der Waals surface area contributed by atoms with E-state index in [0.29, 0.717) is 0 Å². The summed E-state index contributed by atoms with van der Waals surface area (Å²) in [5, 5.41) is 4.71. The molecule has 0 unspecified atom stereocenters. The lowest BCUT2D eigenvalue weighted by atomic mass is 9.66. The molecule has 0 atom stereocenters. The van der Waals surface area contributed by atoms with Gasteiger partial charge in [-0.1, -0.05) is 188 Å². The summed E-state index contributed by atoms with van der Waals surface area (Å²) in [6.45, 7) is 0. The molecule has 12 aromatic rings. The number of hydrogen-bond acceptors (Lipinski definition) is 3. The summed E-state index contributed by atoms with van der Waals surface area (Å²) in [4.78, 5) is 4.96. The van der Waals surface area contributed by atoms with Gasteiger partial charge in [0.2, 0.25) is 0 Å². The first-order valence-corrected chi connectivity index (χ1v) is 24.1. The normalized spacial score (nSPS) is 13.1. The zero-order valence-electron chi connectivity index (χ0n) is 36.9. The molecule has 68 heavy (non-hydrogen) atoms. The van der Waals surface area contributed by atoms with Gasteiger partial charge in [-0.05, 0) is 144 Å². The fourth-order valence-electron chi connectivity index (χ4n) is 11.3. The number of anilines is 3. The van der Waals surface area contributed by atoms with Crippen LogP contribution in [0.25, 0.3) is 77.2 Å². The van der Waals surface area contributed by atoms with E-state index in [1.54, 1.807) is 0 Å². The molecule has 11 aromatic carbocycles. The minimum absolute atomic E-state index is 0.625. The first-order chi connectivity index (χ1) is 33.7. The van der Waals surface area contributed by atoms with Crippen molar-refractivity contribution in [3.63, 3.8) is 0 Å². The molecule has 2 heterocycles. The molecule has 0 radical (unpaired) electrons. The molecule has 0 saturated carbocycles. The van der Waals surface area contributed by atoms with Crippen molar-refractivity contribution in [1.29, 1.82) is 0 Å². The van der Waals surface area contributed by atoms with E-state index in [1.165, 1.54) is 87.3 Å². The molecule has 318 valence electrons. The van der Waals surface area contributed by atoms with Crippen LogP contribution in [-0.4, -0.2) is 0 Å². The third-order valence-corrected chi connectivity index (χ3v) is 15.5. The van der Waals surface area contributed by atoms with Crippen molar-refractivity contribution >= 4 is 61.5 Å². The van der Waals surface area contributed by atoms with Crippen LogP contribution >= 0.6 is 11.8 Å². The molecule has 0 fully saturated rings. The van der Waals surface area contributed by atoms with E-state index >= 15 is 0 Å². The van der Waals surface area contributed by atoms with Crippen LogP contribution in [0.1, 0.15) is 22.3 Å². The quantitative estimate of drug-likeness (QED) is 0.166. The Balaban J connectivity index is 1.02. The summed E-state index contributed by atoms with van der Waals surface area (Å²) in [5.41, 5.74) is 19.2. The molecule has 3 heteroatoms. The van der Waals surface area contributed by atoms with E-state index in [0.717, 1.165) is 39.0 Å². The van der Waals surface area contributed by atoms with Gasteiger partial charge in [0.05, 0.1) is 5.41 Å². The van der Waals surface area contributed by atoms with Gasteiger partial charge in [0.15, 0.2) is 0 Å². The van der Waals surface area contributed by atoms with Gasteiger partial charge in [0, 0.05) is 43.7 Å². The molecular weight excluding hydrogens is 843 g/mol. The molecule has 1 spiro atoms. The maximum atomic E-state index is 6.58. The molecule has 1 aromatic heterocycles. The zero-order chi connectivity index (χ0) is 44.8. The Labute approximate surface area is 399 Å². The average molecular weight is 884 g/mol. The lowest BCUT2D eigenvalue weighted by molar-refractivity contribution is 0.669. The number of para-hydroxylation sites is 1. The van der Waals surface area contributed by atoms with Crippen LogP contribution in [-0.2, 0) is 5.41 Å². The summed E-state index contributed by atoms with van der Waals surface area (Å²) in [7, 11) is 0.